The van der Waals surface area contributed by atoms with E-state index in [-0.39, 0.29) is 11.7 Å². The van der Waals surface area contributed by atoms with E-state index < -0.39 is 0 Å². The Balaban J connectivity index is 2.41. The van der Waals surface area contributed by atoms with Crippen molar-refractivity contribution < 1.29 is 4.39 Å². The number of hydrogen-bond donors (Lipinski definition) is 0. The highest BCUT2D eigenvalue weighted by molar-refractivity contribution is 5.35. The zero-order valence-electron chi connectivity index (χ0n) is 9.10. The molecular weight excluding hydrogens is 175 g/mol. The molecule has 0 amide bonds. The standard InChI is InChI=1S/C13H17F/c1-9(2)11-8-10(4-5-12(11)14)13(3)6-7-13/h4-5,8-9H,6-7H2,1-3H3. The fraction of sp³-hybridized carbons (Fsp3) is 0.538. The van der Waals surface area contributed by atoms with E-state index >= 15 is 0 Å². The van der Waals surface area contributed by atoms with E-state index in [1.165, 1.54) is 18.4 Å². The summed E-state index contributed by atoms with van der Waals surface area (Å²) in [5, 5.41) is 0. The van der Waals surface area contributed by atoms with E-state index in [2.05, 4.69) is 6.92 Å². The average molecular weight is 192 g/mol. The fourth-order valence-electron chi connectivity index (χ4n) is 1.84. The van der Waals surface area contributed by atoms with Crippen molar-refractivity contribution in [3.05, 3.63) is 35.1 Å². The molecule has 1 aromatic rings. The molecule has 1 aliphatic carbocycles. The summed E-state index contributed by atoms with van der Waals surface area (Å²) in [6, 6.07) is 5.61. The van der Waals surface area contributed by atoms with Crippen LogP contribution in [0, 0.1) is 5.82 Å². The van der Waals surface area contributed by atoms with Crippen molar-refractivity contribution >= 4 is 0 Å². The largest absolute Gasteiger partial charge is 0.207 e. The van der Waals surface area contributed by atoms with Gasteiger partial charge in [-0.05, 0) is 41.4 Å². The first-order valence-corrected chi connectivity index (χ1v) is 5.33. The van der Waals surface area contributed by atoms with E-state index in [1.54, 1.807) is 6.07 Å². The Morgan fingerprint density at radius 1 is 1.29 bits per heavy atom. The molecule has 1 aliphatic rings. The van der Waals surface area contributed by atoms with Crippen molar-refractivity contribution in [3.8, 4) is 0 Å². The summed E-state index contributed by atoms with van der Waals surface area (Å²) in [7, 11) is 0. The van der Waals surface area contributed by atoms with Crippen molar-refractivity contribution in [1.82, 2.24) is 0 Å². The van der Waals surface area contributed by atoms with Crippen LogP contribution >= 0.6 is 0 Å². The zero-order valence-corrected chi connectivity index (χ0v) is 9.10. The van der Waals surface area contributed by atoms with Crippen molar-refractivity contribution in [2.45, 2.75) is 44.9 Å². The molecule has 14 heavy (non-hydrogen) atoms. The van der Waals surface area contributed by atoms with E-state index in [0.29, 0.717) is 5.41 Å². The van der Waals surface area contributed by atoms with Crippen LogP contribution in [0.2, 0.25) is 0 Å². The lowest BCUT2D eigenvalue weighted by Gasteiger charge is -2.13. The van der Waals surface area contributed by atoms with Crippen molar-refractivity contribution in [1.29, 1.82) is 0 Å². The molecule has 0 nitrogen and oxygen atoms in total. The lowest BCUT2D eigenvalue weighted by Crippen LogP contribution is -2.03. The van der Waals surface area contributed by atoms with Gasteiger partial charge in [-0.1, -0.05) is 32.9 Å². The fourth-order valence-corrected chi connectivity index (χ4v) is 1.84. The highest BCUT2D eigenvalue weighted by Crippen LogP contribution is 2.48. The number of rotatable bonds is 2. The summed E-state index contributed by atoms with van der Waals surface area (Å²) >= 11 is 0. The number of benzene rings is 1. The lowest BCUT2D eigenvalue weighted by atomic mass is 9.93. The molecule has 0 spiro atoms. The van der Waals surface area contributed by atoms with Crippen LogP contribution in [0.25, 0.3) is 0 Å². The van der Waals surface area contributed by atoms with Crippen LogP contribution in [-0.4, -0.2) is 0 Å². The number of hydrogen-bond acceptors (Lipinski definition) is 0. The molecule has 1 fully saturated rings. The minimum atomic E-state index is -0.0620. The third kappa shape index (κ3) is 1.56. The van der Waals surface area contributed by atoms with Crippen LogP contribution in [0.15, 0.2) is 18.2 Å². The summed E-state index contributed by atoms with van der Waals surface area (Å²) < 4.78 is 13.4. The molecule has 0 heterocycles. The van der Waals surface area contributed by atoms with Gasteiger partial charge in [0.1, 0.15) is 5.82 Å². The van der Waals surface area contributed by atoms with E-state index in [0.717, 1.165) is 5.56 Å². The molecule has 1 heteroatoms. The minimum absolute atomic E-state index is 0.0620. The predicted molar refractivity (Wildman–Crippen MR) is 57.1 cm³/mol. The smallest absolute Gasteiger partial charge is 0.126 e. The predicted octanol–water partition coefficient (Wildman–Crippen LogP) is 4.00. The van der Waals surface area contributed by atoms with Gasteiger partial charge in [0, 0.05) is 0 Å². The summed E-state index contributed by atoms with van der Waals surface area (Å²) in [4.78, 5) is 0. The van der Waals surface area contributed by atoms with E-state index in [9.17, 15) is 4.39 Å². The normalized spacial score (nSPS) is 18.6. The van der Waals surface area contributed by atoms with Crippen LogP contribution in [0.5, 0.6) is 0 Å². The molecule has 0 saturated heterocycles. The second-order valence-electron chi connectivity index (χ2n) is 4.95. The quantitative estimate of drug-likeness (QED) is 0.664. The Labute approximate surface area is 85.1 Å². The van der Waals surface area contributed by atoms with Crippen LogP contribution in [0.4, 0.5) is 4.39 Å². The van der Waals surface area contributed by atoms with Crippen LogP contribution in [0.1, 0.15) is 50.7 Å². The summed E-state index contributed by atoms with van der Waals surface area (Å²) in [6.45, 7) is 6.33. The Morgan fingerprint density at radius 2 is 1.93 bits per heavy atom. The van der Waals surface area contributed by atoms with Crippen LogP contribution in [0.3, 0.4) is 0 Å². The van der Waals surface area contributed by atoms with Gasteiger partial charge in [0.05, 0.1) is 0 Å². The first-order valence-electron chi connectivity index (χ1n) is 5.33. The first-order chi connectivity index (χ1) is 6.53. The molecule has 1 saturated carbocycles. The summed E-state index contributed by atoms with van der Waals surface area (Å²) in [6.07, 6.45) is 2.49. The maximum atomic E-state index is 13.4. The Hall–Kier alpha value is -0.850. The highest BCUT2D eigenvalue weighted by atomic mass is 19.1. The maximum absolute atomic E-state index is 13.4. The zero-order chi connectivity index (χ0) is 10.3. The van der Waals surface area contributed by atoms with E-state index in [1.807, 2.05) is 26.0 Å². The van der Waals surface area contributed by atoms with Gasteiger partial charge in [-0.2, -0.15) is 0 Å². The van der Waals surface area contributed by atoms with Gasteiger partial charge in [-0.3, -0.25) is 0 Å². The van der Waals surface area contributed by atoms with Crippen LogP contribution in [-0.2, 0) is 5.41 Å². The van der Waals surface area contributed by atoms with Gasteiger partial charge < -0.3 is 0 Å². The molecule has 1 aromatic carbocycles. The second kappa shape index (κ2) is 3.08. The molecule has 0 aliphatic heterocycles. The van der Waals surface area contributed by atoms with Gasteiger partial charge in [0.15, 0.2) is 0 Å². The van der Waals surface area contributed by atoms with Crippen molar-refractivity contribution in [3.63, 3.8) is 0 Å². The Bertz CT molecular complexity index is 348. The minimum Gasteiger partial charge on any atom is -0.207 e. The highest BCUT2D eigenvalue weighted by Gasteiger charge is 2.39. The van der Waals surface area contributed by atoms with Gasteiger partial charge in [0.25, 0.3) is 0 Å². The van der Waals surface area contributed by atoms with Crippen molar-refractivity contribution in [2.24, 2.45) is 0 Å². The molecule has 0 N–H and O–H groups in total. The Kier molecular flexibility index (Phi) is 2.13. The Morgan fingerprint density at radius 3 is 2.43 bits per heavy atom. The molecular formula is C13H17F. The SMILES string of the molecule is CC(C)c1cc(C2(C)CC2)ccc1F. The molecule has 0 bridgehead atoms. The monoisotopic (exact) mass is 192 g/mol. The van der Waals surface area contributed by atoms with Gasteiger partial charge >= 0.3 is 0 Å². The first kappa shape index (κ1) is 9.70. The van der Waals surface area contributed by atoms with Crippen LogP contribution < -0.4 is 0 Å². The summed E-state index contributed by atoms with van der Waals surface area (Å²) in [5.41, 5.74) is 2.51. The van der Waals surface area contributed by atoms with Gasteiger partial charge in [-0.25, -0.2) is 4.39 Å². The molecule has 2 rings (SSSR count). The lowest BCUT2D eigenvalue weighted by molar-refractivity contribution is 0.595. The third-order valence-corrected chi connectivity index (χ3v) is 3.31. The second-order valence-corrected chi connectivity index (χ2v) is 4.95. The third-order valence-electron chi connectivity index (χ3n) is 3.31. The summed E-state index contributed by atoms with van der Waals surface area (Å²) in [5.74, 6) is 0.213. The molecule has 0 unspecified atom stereocenters. The molecule has 0 atom stereocenters. The molecule has 76 valence electrons. The number of halogens is 1. The van der Waals surface area contributed by atoms with Gasteiger partial charge in [0.2, 0.25) is 0 Å². The topological polar surface area (TPSA) is 0 Å². The van der Waals surface area contributed by atoms with Crippen molar-refractivity contribution in [2.75, 3.05) is 0 Å². The van der Waals surface area contributed by atoms with E-state index in [4.69, 9.17) is 0 Å². The molecule has 0 radical (unpaired) electrons. The average Bonchev–Trinajstić information content (AvgIpc) is 2.85. The maximum Gasteiger partial charge on any atom is 0.126 e. The van der Waals surface area contributed by atoms with Gasteiger partial charge in [-0.15, -0.1) is 0 Å². The molecule has 0 aromatic heterocycles.